The number of hydrogen-bond donors (Lipinski definition) is 1. The van der Waals surface area contributed by atoms with Gasteiger partial charge in [0.2, 0.25) is 0 Å². The van der Waals surface area contributed by atoms with E-state index in [0.29, 0.717) is 11.3 Å². The number of aryl methyl sites for hydroxylation is 1. The van der Waals surface area contributed by atoms with E-state index in [0.717, 1.165) is 11.8 Å². The van der Waals surface area contributed by atoms with E-state index in [2.05, 4.69) is 10.2 Å². The van der Waals surface area contributed by atoms with Gasteiger partial charge in [0.25, 0.3) is 5.24 Å². The third-order valence-corrected chi connectivity index (χ3v) is 1.92. The van der Waals surface area contributed by atoms with Crippen LogP contribution in [0.25, 0.3) is 0 Å². The first-order valence-corrected chi connectivity index (χ1v) is 4.70. The van der Waals surface area contributed by atoms with Crippen molar-refractivity contribution in [2.45, 2.75) is 6.92 Å². The third kappa shape index (κ3) is 3.25. The minimum absolute atomic E-state index is 0.198. The van der Waals surface area contributed by atoms with E-state index >= 15 is 0 Å². The molecule has 0 aromatic heterocycles. The van der Waals surface area contributed by atoms with E-state index in [9.17, 15) is 4.79 Å². The van der Waals surface area contributed by atoms with Gasteiger partial charge in [0.15, 0.2) is 0 Å². The van der Waals surface area contributed by atoms with Crippen molar-refractivity contribution in [1.82, 2.24) is 0 Å². The molecule has 0 aliphatic rings. The van der Waals surface area contributed by atoms with Gasteiger partial charge in [-0.15, -0.1) is 0 Å². The van der Waals surface area contributed by atoms with Crippen LogP contribution in [0.4, 0.5) is 5.69 Å². The van der Waals surface area contributed by atoms with Crippen LogP contribution in [0.5, 0.6) is 0 Å². The zero-order chi connectivity index (χ0) is 11.3. The summed E-state index contributed by atoms with van der Waals surface area (Å²) in [6, 6.07) is 5.16. The Morgan fingerprint density at radius 1 is 1.60 bits per heavy atom. The highest BCUT2D eigenvalue weighted by atomic mass is 35.5. The molecule has 0 saturated heterocycles. The lowest BCUT2D eigenvalue weighted by molar-refractivity contribution is 0.108. The molecule has 0 unspecified atom stereocenters. The Hall–Kier alpha value is -1.55. The molecule has 0 aliphatic carbocycles. The largest absolute Gasteiger partial charge is 0.311 e. The first-order valence-electron chi connectivity index (χ1n) is 4.32. The average molecular weight is 224 g/mol. The topological polar surface area (TPSA) is 65.6 Å². The van der Waals surface area contributed by atoms with Gasteiger partial charge < -0.3 is 5.41 Å². The van der Waals surface area contributed by atoms with Gasteiger partial charge in [-0.05, 0) is 30.7 Å². The second-order valence-corrected chi connectivity index (χ2v) is 3.27. The van der Waals surface area contributed by atoms with Crippen LogP contribution in [0.3, 0.4) is 0 Å². The van der Waals surface area contributed by atoms with Crippen LogP contribution in [0.1, 0.15) is 15.9 Å². The summed E-state index contributed by atoms with van der Waals surface area (Å²) in [5.74, 6) is 0. The second kappa shape index (κ2) is 5.36. The first-order chi connectivity index (χ1) is 7.15. The fourth-order valence-electron chi connectivity index (χ4n) is 1.05. The maximum atomic E-state index is 11.1. The molecule has 0 amide bonds. The number of halogens is 1. The summed E-state index contributed by atoms with van der Waals surface area (Å²) in [5, 5.41) is 13.7. The molecule has 1 aromatic carbocycles. The highest BCUT2D eigenvalue weighted by Crippen LogP contribution is 2.22. The van der Waals surface area contributed by atoms with Crippen LogP contribution < -0.4 is 0 Å². The molecule has 0 aliphatic heterocycles. The van der Waals surface area contributed by atoms with Crippen molar-refractivity contribution in [3.63, 3.8) is 0 Å². The Morgan fingerprint density at radius 2 is 2.33 bits per heavy atom. The molecule has 1 aromatic rings. The van der Waals surface area contributed by atoms with Crippen molar-refractivity contribution in [2.75, 3.05) is 6.54 Å². The maximum Gasteiger partial charge on any atom is 0.254 e. The minimum Gasteiger partial charge on any atom is -0.311 e. The maximum absolute atomic E-state index is 11.1. The number of nitrogens with one attached hydrogen (secondary N) is 1. The molecule has 15 heavy (non-hydrogen) atoms. The Labute approximate surface area is 92.5 Å². The second-order valence-electron chi connectivity index (χ2n) is 2.92. The van der Waals surface area contributed by atoms with E-state index in [1.165, 1.54) is 0 Å². The van der Waals surface area contributed by atoms with Gasteiger partial charge in [-0.2, -0.15) is 10.2 Å². The summed E-state index contributed by atoms with van der Waals surface area (Å²) in [6.45, 7) is 2.06. The molecular formula is C10H10ClN3O. The zero-order valence-corrected chi connectivity index (χ0v) is 8.95. The van der Waals surface area contributed by atoms with Crippen LogP contribution in [0.2, 0.25) is 0 Å². The molecule has 0 saturated carbocycles. The quantitative estimate of drug-likeness (QED) is 0.476. The smallest absolute Gasteiger partial charge is 0.254 e. The van der Waals surface area contributed by atoms with Crippen molar-refractivity contribution in [3.05, 3.63) is 29.3 Å². The van der Waals surface area contributed by atoms with Crippen LogP contribution in [0, 0.1) is 12.3 Å². The van der Waals surface area contributed by atoms with Crippen molar-refractivity contribution < 1.29 is 4.79 Å². The summed E-state index contributed by atoms with van der Waals surface area (Å²) >= 11 is 5.41. The molecule has 5 heteroatoms. The zero-order valence-electron chi connectivity index (χ0n) is 8.20. The van der Waals surface area contributed by atoms with E-state index in [1.54, 1.807) is 12.1 Å². The first kappa shape index (κ1) is 11.5. The molecule has 0 radical (unpaired) electrons. The van der Waals surface area contributed by atoms with Crippen LogP contribution in [-0.2, 0) is 0 Å². The Bertz CT molecular complexity index is 415. The molecule has 1 N–H and O–H groups in total. The van der Waals surface area contributed by atoms with Crippen molar-refractivity contribution in [2.24, 2.45) is 10.2 Å². The summed E-state index contributed by atoms with van der Waals surface area (Å²) in [5.41, 5.74) is 1.71. The summed E-state index contributed by atoms with van der Waals surface area (Å²) in [6.07, 6.45) is 1.12. The number of rotatable bonds is 4. The Balaban J connectivity index is 3.05. The average Bonchev–Trinajstić information content (AvgIpc) is 2.20. The van der Waals surface area contributed by atoms with Gasteiger partial charge in [-0.3, -0.25) is 4.79 Å². The molecule has 0 heterocycles. The molecule has 0 spiro atoms. The molecular weight excluding hydrogens is 214 g/mol. The standard InChI is InChI=1S/C10H10ClN3O/c1-7-2-3-9(14-13-5-4-12)8(6-7)10(11)15/h2-4,6,12H,5H2,1H3. The fraction of sp³-hybridized carbons (Fsp3) is 0.200. The number of hydrogen-bond acceptors (Lipinski definition) is 4. The molecule has 1 rings (SSSR count). The highest BCUT2D eigenvalue weighted by Gasteiger charge is 2.08. The van der Waals surface area contributed by atoms with Gasteiger partial charge in [-0.1, -0.05) is 11.6 Å². The van der Waals surface area contributed by atoms with Gasteiger partial charge in [0, 0.05) is 6.21 Å². The van der Waals surface area contributed by atoms with E-state index in [-0.39, 0.29) is 6.54 Å². The van der Waals surface area contributed by atoms with E-state index in [4.69, 9.17) is 17.0 Å². The fourth-order valence-corrected chi connectivity index (χ4v) is 1.20. The molecule has 0 atom stereocenters. The molecule has 0 bridgehead atoms. The van der Waals surface area contributed by atoms with Crippen LogP contribution in [-0.4, -0.2) is 18.0 Å². The highest BCUT2D eigenvalue weighted by molar-refractivity contribution is 6.68. The van der Waals surface area contributed by atoms with Crippen LogP contribution >= 0.6 is 11.6 Å². The lowest BCUT2D eigenvalue weighted by Gasteiger charge is -2.00. The van der Waals surface area contributed by atoms with Gasteiger partial charge >= 0.3 is 0 Å². The number of benzene rings is 1. The predicted octanol–water partition coefficient (Wildman–Crippen LogP) is 3.11. The molecule has 78 valence electrons. The summed E-state index contributed by atoms with van der Waals surface area (Å²) in [4.78, 5) is 11.1. The van der Waals surface area contributed by atoms with E-state index < -0.39 is 5.24 Å². The summed E-state index contributed by atoms with van der Waals surface area (Å²) in [7, 11) is 0. The van der Waals surface area contributed by atoms with Crippen molar-refractivity contribution in [1.29, 1.82) is 5.41 Å². The number of carbonyl (C=O) groups excluding carboxylic acids is 1. The third-order valence-electron chi connectivity index (χ3n) is 1.72. The number of azo groups is 1. The molecule has 0 fully saturated rings. The van der Waals surface area contributed by atoms with Crippen LogP contribution in [0.15, 0.2) is 28.4 Å². The lowest BCUT2D eigenvalue weighted by Crippen LogP contribution is -1.90. The van der Waals surface area contributed by atoms with Gasteiger partial charge in [0.1, 0.15) is 0 Å². The Kier molecular flexibility index (Phi) is 4.12. The van der Waals surface area contributed by atoms with Crippen molar-refractivity contribution in [3.8, 4) is 0 Å². The monoisotopic (exact) mass is 223 g/mol. The lowest BCUT2D eigenvalue weighted by atomic mass is 10.1. The Morgan fingerprint density at radius 3 is 2.93 bits per heavy atom. The molecule has 4 nitrogen and oxygen atoms in total. The predicted molar refractivity (Wildman–Crippen MR) is 59.5 cm³/mol. The number of nitrogens with zero attached hydrogens (tertiary/aromatic N) is 2. The SMILES string of the molecule is Cc1ccc(N=NCC=N)c(C(=O)Cl)c1. The van der Waals surface area contributed by atoms with E-state index in [1.807, 2.05) is 13.0 Å². The number of carbonyl (C=O) groups is 1. The van der Waals surface area contributed by atoms with Gasteiger partial charge in [0.05, 0.1) is 17.8 Å². The summed E-state index contributed by atoms with van der Waals surface area (Å²) < 4.78 is 0. The van der Waals surface area contributed by atoms with Gasteiger partial charge in [-0.25, -0.2) is 0 Å². The van der Waals surface area contributed by atoms with Crippen molar-refractivity contribution >= 4 is 28.7 Å². The minimum atomic E-state index is -0.553. The normalized spacial score (nSPS) is 10.5.